The van der Waals surface area contributed by atoms with Gasteiger partial charge in [-0.1, -0.05) is 48.9 Å². The van der Waals surface area contributed by atoms with Crippen molar-refractivity contribution in [1.82, 2.24) is 15.2 Å². The molecule has 2 saturated carbocycles. The van der Waals surface area contributed by atoms with Gasteiger partial charge in [0.25, 0.3) is 0 Å². The third kappa shape index (κ3) is 11.5. The van der Waals surface area contributed by atoms with Crippen LogP contribution >= 0.6 is 11.6 Å². The van der Waals surface area contributed by atoms with E-state index in [1.54, 1.807) is 0 Å². The maximum atomic E-state index is 13.3. The predicted molar refractivity (Wildman–Crippen MR) is 207 cm³/mol. The van der Waals surface area contributed by atoms with Crippen molar-refractivity contribution in [2.45, 2.75) is 107 Å². The molecule has 0 aliphatic heterocycles. The Morgan fingerprint density at radius 1 is 1.04 bits per heavy atom. The molecule has 54 heavy (non-hydrogen) atoms. The van der Waals surface area contributed by atoms with E-state index in [4.69, 9.17) is 21.4 Å². The lowest BCUT2D eigenvalue weighted by atomic mass is 9.93. The molecule has 2 aliphatic carbocycles. The number of carbonyl (C=O) groups excluding carboxylic acids is 1. The van der Waals surface area contributed by atoms with Gasteiger partial charge in [-0.25, -0.2) is 8.42 Å². The average molecular weight is 788 g/mol. The number of rotatable bonds is 22. The molecular formula is C40H54ClN3O9S. The quantitative estimate of drug-likeness (QED) is 0.0872. The Morgan fingerprint density at radius 3 is 2.44 bits per heavy atom. The summed E-state index contributed by atoms with van der Waals surface area (Å²) in [6, 6.07) is 16.2. The van der Waals surface area contributed by atoms with Gasteiger partial charge < -0.3 is 40.5 Å². The molecule has 0 radical (unpaired) electrons. The normalized spacial score (nSPS) is 18.0. The Balaban J connectivity index is 1.20. The maximum Gasteiger partial charge on any atom is 0.222 e. The van der Waals surface area contributed by atoms with Crippen LogP contribution in [0, 0.1) is 0 Å². The molecule has 296 valence electrons. The van der Waals surface area contributed by atoms with E-state index in [0.29, 0.717) is 24.4 Å². The highest BCUT2D eigenvalue weighted by atomic mass is 35.5. The van der Waals surface area contributed by atoms with Gasteiger partial charge in [0.1, 0.15) is 40.0 Å². The zero-order valence-corrected chi connectivity index (χ0v) is 32.6. The van der Waals surface area contributed by atoms with Crippen LogP contribution in [0.25, 0.3) is 11.1 Å². The smallest absolute Gasteiger partial charge is 0.222 e. The molecule has 5 rings (SSSR count). The maximum absolute atomic E-state index is 13.3. The Labute approximate surface area is 323 Å². The molecule has 1 amide bonds. The first-order chi connectivity index (χ1) is 25.7. The summed E-state index contributed by atoms with van der Waals surface area (Å²) in [4.78, 5) is 19.1. The van der Waals surface area contributed by atoms with Gasteiger partial charge in [0.15, 0.2) is 0 Å². The minimum Gasteiger partial charge on any atom is -0.490 e. The molecule has 2 aromatic carbocycles. The molecule has 14 heteroatoms. The fourth-order valence-electron chi connectivity index (χ4n) is 6.75. The molecule has 5 unspecified atom stereocenters. The summed E-state index contributed by atoms with van der Waals surface area (Å²) in [5.41, 5.74) is 5.09. The molecule has 0 spiro atoms. The molecule has 6 N–H and O–H groups in total. The van der Waals surface area contributed by atoms with Crippen molar-refractivity contribution in [3.8, 4) is 16.9 Å². The van der Waals surface area contributed by atoms with Gasteiger partial charge in [-0.05, 0) is 91.3 Å². The molecular weight excluding hydrogens is 734 g/mol. The molecule has 0 saturated heterocycles. The van der Waals surface area contributed by atoms with Crippen molar-refractivity contribution in [3.63, 3.8) is 0 Å². The van der Waals surface area contributed by atoms with Crippen LogP contribution in [0.3, 0.4) is 0 Å². The van der Waals surface area contributed by atoms with Gasteiger partial charge in [-0.15, -0.1) is 0 Å². The number of para-hydroxylation sites is 1. The van der Waals surface area contributed by atoms with Crippen molar-refractivity contribution in [2.75, 3.05) is 31.7 Å². The first-order valence-electron chi connectivity index (χ1n) is 18.7. The second-order valence-electron chi connectivity index (χ2n) is 14.9. The van der Waals surface area contributed by atoms with E-state index < -0.39 is 40.9 Å². The summed E-state index contributed by atoms with van der Waals surface area (Å²) < 4.78 is 29.7. The van der Waals surface area contributed by atoms with Crippen molar-refractivity contribution in [2.24, 2.45) is 0 Å². The number of nitrogens with zero attached hydrogens (tertiary/aromatic N) is 2. The van der Waals surface area contributed by atoms with Crippen molar-refractivity contribution in [3.05, 3.63) is 82.6 Å². The van der Waals surface area contributed by atoms with E-state index in [1.165, 1.54) is 4.90 Å². The number of ether oxygens (including phenoxy) is 1. The molecule has 3 aromatic rings. The molecule has 1 aromatic heterocycles. The van der Waals surface area contributed by atoms with Crippen LogP contribution in [0.5, 0.6) is 5.75 Å². The van der Waals surface area contributed by atoms with Crippen LogP contribution in [0.1, 0.15) is 80.9 Å². The van der Waals surface area contributed by atoms with E-state index in [9.17, 15) is 33.6 Å². The number of benzene rings is 2. The first-order valence-corrected chi connectivity index (χ1v) is 21.2. The summed E-state index contributed by atoms with van der Waals surface area (Å²) in [7, 11) is -3.30. The van der Waals surface area contributed by atoms with Crippen LogP contribution in [0.2, 0.25) is 5.02 Å². The van der Waals surface area contributed by atoms with Gasteiger partial charge in [-0.3, -0.25) is 9.78 Å². The van der Waals surface area contributed by atoms with Gasteiger partial charge in [0, 0.05) is 60.8 Å². The molecule has 2 fully saturated rings. The number of pyridine rings is 1. The number of aliphatic hydroxyl groups is 5. The van der Waals surface area contributed by atoms with Gasteiger partial charge in [0.05, 0.1) is 18.5 Å². The summed E-state index contributed by atoms with van der Waals surface area (Å²) in [6.07, 6.45) is 3.64. The largest absolute Gasteiger partial charge is 0.490 e. The number of halogens is 1. The van der Waals surface area contributed by atoms with Crippen LogP contribution in [0.4, 0.5) is 0 Å². The lowest BCUT2D eigenvalue weighted by Crippen LogP contribution is -2.50. The molecule has 1 heterocycles. The highest BCUT2D eigenvalue weighted by Gasteiger charge is 2.46. The van der Waals surface area contributed by atoms with Crippen molar-refractivity contribution >= 4 is 27.3 Å². The van der Waals surface area contributed by atoms with E-state index >= 15 is 0 Å². The Hall–Kier alpha value is -3.14. The average Bonchev–Trinajstić information content (AvgIpc) is 4.10. The van der Waals surface area contributed by atoms with E-state index in [0.717, 1.165) is 65.5 Å². The number of hydrogen-bond donors (Lipinski definition) is 6. The number of aliphatic hydroxyl groups excluding tert-OH is 5. The summed E-state index contributed by atoms with van der Waals surface area (Å²) in [6.45, 7) is 1.43. The number of sulfone groups is 1. The van der Waals surface area contributed by atoms with Gasteiger partial charge in [-0.2, -0.15) is 0 Å². The number of nitrogens with one attached hydrogen (secondary N) is 1. The molecule has 2 aliphatic rings. The zero-order valence-electron chi connectivity index (χ0n) is 31.0. The van der Waals surface area contributed by atoms with E-state index in [1.807, 2.05) is 42.7 Å². The minimum absolute atomic E-state index is 0.0141. The van der Waals surface area contributed by atoms with Crippen molar-refractivity contribution in [1.29, 1.82) is 0 Å². The Morgan fingerprint density at radius 2 is 1.76 bits per heavy atom. The van der Waals surface area contributed by atoms with E-state index in [-0.39, 0.29) is 55.2 Å². The number of carbonyl (C=O) groups is 1. The van der Waals surface area contributed by atoms with Gasteiger partial charge >= 0.3 is 0 Å². The van der Waals surface area contributed by atoms with Gasteiger partial charge in [0.2, 0.25) is 5.91 Å². The van der Waals surface area contributed by atoms with Crippen LogP contribution in [0.15, 0.2) is 60.9 Å². The molecule has 12 nitrogen and oxygen atoms in total. The predicted octanol–water partition coefficient (Wildman–Crippen LogP) is 3.70. The minimum atomic E-state index is -3.30. The fraction of sp³-hybridized carbons (Fsp3) is 0.550. The monoisotopic (exact) mass is 787 g/mol. The number of aromatic nitrogens is 1. The number of amides is 1. The summed E-state index contributed by atoms with van der Waals surface area (Å²) >= 11 is 6.72. The van der Waals surface area contributed by atoms with Crippen LogP contribution < -0.4 is 10.1 Å². The second-order valence-corrected chi connectivity index (χ2v) is 17.6. The standard InChI is InChI=1S/C40H54ClN3O9S/c1-26(7-5-10-37(48)44(19-6-20-54(2,51)52)24-34(46)38(49)39(50)35(47)25-45)27-11-14-33(41)28(21-27)22-43-40(16-17-40)32-23-42-18-15-30(32)31-8-3-4-9-36(31)53-29-12-13-29/h3-4,8-9,11,14-15,18,21,23,26,29,34-35,38-39,43,45-47,49-50H,5-7,10,12-13,16-17,19-20,22,24-25H2,1-2H3. The lowest BCUT2D eigenvalue weighted by molar-refractivity contribution is -0.139. The summed E-state index contributed by atoms with van der Waals surface area (Å²) in [5.74, 6) is 0.463. The zero-order chi connectivity index (χ0) is 39.0. The first kappa shape index (κ1) is 42.0. The molecule has 0 bridgehead atoms. The Bertz CT molecular complexity index is 1820. The van der Waals surface area contributed by atoms with Crippen LogP contribution in [-0.2, 0) is 26.7 Å². The Kier molecular flexibility index (Phi) is 14.5. The third-order valence-electron chi connectivity index (χ3n) is 10.4. The lowest BCUT2D eigenvalue weighted by Gasteiger charge is -2.30. The van der Waals surface area contributed by atoms with E-state index in [2.05, 4.69) is 35.4 Å². The fourth-order valence-corrected chi connectivity index (χ4v) is 7.59. The summed E-state index contributed by atoms with van der Waals surface area (Å²) in [5, 5.41) is 54.1. The highest BCUT2D eigenvalue weighted by Crippen LogP contribution is 2.50. The van der Waals surface area contributed by atoms with Crippen LogP contribution in [-0.4, -0.2) is 112 Å². The highest BCUT2D eigenvalue weighted by molar-refractivity contribution is 7.90. The molecule has 5 atom stereocenters. The van der Waals surface area contributed by atoms with Crippen molar-refractivity contribution < 1.29 is 43.5 Å². The SMILES string of the molecule is CC(CCCC(=O)N(CCCS(C)(=O)=O)CC(O)C(O)C(O)C(O)CO)c1ccc(Cl)c(CNC2(c3cnccc3-c3ccccc3OC3CC3)CC2)c1. The third-order valence-corrected chi connectivity index (χ3v) is 11.8. The second kappa shape index (κ2) is 18.7. The number of hydrogen-bond acceptors (Lipinski definition) is 11. The topological polar surface area (TPSA) is 190 Å².